The van der Waals surface area contributed by atoms with Gasteiger partial charge in [-0.05, 0) is 37.1 Å². The molecule has 5 nitrogen and oxygen atoms in total. The highest BCUT2D eigenvalue weighted by Crippen LogP contribution is 2.01. The van der Waals surface area contributed by atoms with E-state index in [4.69, 9.17) is 0 Å². The molecule has 1 amide bonds. The van der Waals surface area contributed by atoms with Gasteiger partial charge in [-0.25, -0.2) is 14.9 Å². The monoisotopic (exact) mass is 369 g/mol. The van der Waals surface area contributed by atoms with E-state index in [1.807, 2.05) is 35.3 Å². The number of hydrogen-bond donors (Lipinski definition) is 1. The van der Waals surface area contributed by atoms with Crippen molar-refractivity contribution in [3.63, 3.8) is 0 Å². The Labute approximate surface area is 162 Å². The molecule has 0 heterocycles. The van der Waals surface area contributed by atoms with Crippen molar-refractivity contribution < 1.29 is 14.7 Å². The zero-order valence-electron chi connectivity index (χ0n) is 16.2. The highest BCUT2D eigenvalue weighted by atomic mass is 16.4. The summed E-state index contributed by atoms with van der Waals surface area (Å²) >= 11 is 0. The third-order valence-electron chi connectivity index (χ3n) is 3.87. The van der Waals surface area contributed by atoms with E-state index in [9.17, 15) is 14.7 Å². The Kier molecular flexibility index (Phi) is 11.2. The minimum Gasteiger partial charge on any atom is -0.285 e. The van der Waals surface area contributed by atoms with E-state index in [-0.39, 0.29) is 11.5 Å². The van der Waals surface area contributed by atoms with Gasteiger partial charge in [0.05, 0.1) is 5.56 Å². The fourth-order valence-corrected chi connectivity index (χ4v) is 2.29. The van der Waals surface area contributed by atoms with Gasteiger partial charge >= 0.3 is 5.97 Å². The average molecular weight is 369 g/mol. The van der Waals surface area contributed by atoms with Crippen LogP contribution < -0.4 is 5.43 Å². The Hall–Kier alpha value is -2.66. The van der Waals surface area contributed by atoms with E-state index in [2.05, 4.69) is 19.3 Å². The van der Waals surface area contributed by atoms with E-state index < -0.39 is 5.97 Å². The molecule has 0 atom stereocenters. The molecule has 2 aromatic carbocycles. The van der Waals surface area contributed by atoms with Crippen LogP contribution in [0.1, 0.15) is 60.2 Å². The smallest absolute Gasteiger partial charge is 0.285 e. The molecule has 145 valence electrons. The number of unbranched alkanes of at least 4 members (excludes halogenated alkanes) is 2. The summed E-state index contributed by atoms with van der Waals surface area (Å²) in [6.45, 7) is 6.18. The van der Waals surface area contributed by atoms with Crippen LogP contribution in [0.25, 0.3) is 0 Å². The first kappa shape index (κ1) is 22.4. The van der Waals surface area contributed by atoms with Gasteiger partial charge in [-0.1, -0.05) is 63.1 Å². The van der Waals surface area contributed by atoms with Gasteiger partial charge in [0.1, 0.15) is 0 Å². The van der Waals surface area contributed by atoms with E-state index in [1.54, 1.807) is 18.2 Å². The lowest BCUT2D eigenvalue weighted by molar-refractivity contribution is 0.0573. The van der Waals surface area contributed by atoms with Gasteiger partial charge in [0.25, 0.3) is 5.91 Å². The molecule has 2 rings (SSSR count). The van der Waals surface area contributed by atoms with Gasteiger partial charge in [-0.2, -0.15) is 0 Å². The van der Waals surface area contributed by atoms with E-state index in [1.165, 1.54) is 12.1 Å². The van der Waals surface area contributed by atoms with Gasteiger partial charge in [0.2, 0.25) is 0 Å². The Morgan fingerprint density at radius 1 is 0.778 bits per heavy atom. The van der Waals surface area contributed by atoms with Gasteiger partial charge < -0.3 is 0 Å². The number of benzene rings is 2. The van der Waals surface area contributed by atoms with E-state index in [0.717, 1.165) is 44.3 Å². The van der Waals surface area contributed by atoms with Crippen LogP contribution in [0.3, 0.4) is 0 Å². The van der Waals surface area contributed by atoms with Crippen molar-refractivity contribution in [1.29, 1.82) is 0 Å². The van der Waals surface area contributed by atoms with Crippen molar-refractivity contribution >= 4 is 11.9 Å². The summed E-state index contributed by atoms with van der Waals surface area (Å²) in [5.74, 6) is -1.14. The lowest BCUT2D eigenvalue weighted by Gasteiger charge is -2.22. The Morgan fingerprint density at radius 3 is 1.59 bits per heavy atom. The number of amides is 1. The molecule has 0 fully saturated rings. The van der Waals surface area contributed by atoms with Crippen LogP contribution in [-0.4, -0.2) is 30.0 Å². The first-order valence-electron chi connectivity index (χ1n) is 9.45. The third-order valence-corrected chi connectivity index (χ3v) is 3.87. The quantitative estimate of drug-likeness (QED) is 0.662. The maximum Gasteiger partial charge on any atom is 0.386 e. The van der Waals surface area contributed by atoms with Crippen molar-refractivity contribution in [1.82, 2.24) is 10.4 Å². The second-order valence-electron chi connectivity index (χ2n) is 6.15. The first-order chi connectivity index (χ1) is 13.1. The number of carbonyl (C=O) groups is 2. The van der Waals surface area contributed by atoms with Crippen molar-refractivity contribution in [3.05, 3.63) is 71.8 Å². The molecule has 0 bridgehead atoms. The van der Waals surface area contributed by atoms with Gasteiger partial charge in [-0.3, -0.25) is 10.2 Å². The van der Waals surface area contributed by atoms with Crippen LogP contribution in [-0.2, 0) is 5.11 Å². The van der Waals surface area contributed by atoms with Crippen molar-refractivity contribution in [3.8, 4) is 0 Å². The molecule has 0 saturated heterocycles. The number of nitrogens with zero attached hydrogens (tertiary/aromatic N) is 1. The lowest BCUT2D eigenvalue weighted by Crippen LogP contribution is -2.43. The summed E-state index contributed by atoms with van der Waals surface area (Å²) in [5, 5.41) is 12.1. The molecule has 0 aromatic heterocycles. The standard InChI is InChI=1S/C15H24N2O.C7H5O2/c1-3-5-12-17(13-6-4-2)16-15(18)14-10-8-7-9-11-14;8-7(9)6-4-2-1-3-5-6/h7-11H,3-6,12-13H2,1-2H3,(H,16,18);1-5H. The zero-order valence-corrected chi connectivity index (χ0v) is 16.2. The highest BCUT2D eigenvalue weighted by Gasteiger charge is 2.09. The molecule has 1 N–H and O–H groups in total. The van der Waals surface area contributed by atoms with Crippen LogP contribution in [0.5, 0.6) is 0 Å². The van der Waals surface area contributed by atoms with Crippen molar-refractivity contribution in [2.45, 2.75) is 39.5 Å². The van der Waals surface area contributed by atoms with Crippen LogP contribution >= 0.6 is 0 Å². The number of nitrogens with one attached hydrogen (secondary N) is 1. The molecular weight excluding hydrogens is 340 g/mol. The summed E-state index contributed by atoms with van der Waals surface area (Å²) in [4.78, 5) is 22.1. The van der Waals surface area contributed by atoms with Crippen molar-refractivity contribution in [2.24, 2.45) is 0 Å². The largest absolute Gasteiger partial charge is 0.386 e. The molecule has 5 heteroatoms. The Bertz CT molecular complexity index is 652. The lowest BCUT2D eigenvalue weighted by atomic mass is 10.2. The van der Waals surface area contributed by atoms with Gasteiger partial charge in [0, 0.05) is 18.7 Å². The minimum atomic E-state index is -1.13. The van der Waals surface area contributed by atoms with Gasteiger partial charge in [-0.15, -0.1) is 0 Å². The molecule has 2 aromatic rings. The summed E-state index contributed by atoms with van der Waals surface area (Å²) < 4.78 is 0. The Morgan fingerprint density at radius 2 is 1.22 bits per heavy atom. The fraction of sp³-hybridized carbons (Fsp3) is 0.364. The Balaban J connectivity index is 0.000000337. The van der Waals surface area contributed by atoms with Crippen LogP contribution in [0.4, 0.5) is 0 Å². The SMILES string of the molecule is CCCCN(CCCC)NC(=O)c1ccccc1.[O]C(=O)c1ccccc1. The molecule has 1 radical (unpaired) electrons. The maximum absolute atomic E-state index is 12.0. The number of rotatable bonds is 9. The molecule has 0 saturated carbocycles. The molecule has 0 aliphatic heterocycles. The van der Waals surface area contributed by atoms with E-state index >= 15 is 0 Å². The normalized spacial score (nSPS) is 10.0. The summed E-state index contributed by atoms with van der Waals surface area (Å²) in [6.07, 6.45) is 4.51. The molecular formula is C22H29N2O3. The number of hydrazine groups is 1. The maximum atomic E-state index is 12.0. The minimum absolute atomic E-state index is 0.0113. The summed E-state index contributed by atoms with van der Waals surface area (Å²) in [7, 11) is 0. The summed E-state index contributed by atoms with van der Waals surface area (Å²) in [6, 6.07) is 17.4. The third kappa shape index (κ3) is 9.56. The van der Waals surface area contributed by atoms with Gasteiger partial charge in [0.15, 0.2) is 0 Å². The average Bonchev–Trinajstić information content (AvgIpc) is 2.71. The number of hydrogen-bond acceptors (Lipinski definition) is 3. The second kappa shape index (κ2) is 13.5. The number of carbonyl (C=O) groups excluding carboxylic acids is 2. The van der Waals surface area contributed by atoms with E-state index in [0.29, 0.717) is 0 Å². The molecule has 0 aliphatic carbocycles. The van der Waals surface area contributed by atoms with Crippen LogP contribution in [0.2, 0.25) is 0 Å². The topological polar surface area (TPSA) is 69.3 Å². The molecule has 0 unspecified atom stereocenters. The second-order valence-corrected chi connectivity index (χ2v) is 6.15. The predicted molar refractivity (Wildman–Crippen MR) is 107 cm³/mol. The molecule has 0 spiro atoms. The first-order valence-corrected chi connectivity index (χ1v) is 9.45. The van der Waals surface area contributed by atoms with Crippen molar-refractivity contribution in [2.75, 3.05) is 13.1 Å². The predicted octanol–water partition coefficient (Wildman–Crippen LogP) is 4.49. The summed E-state index contributed by atoms with van der Waals surface area (Å²) in [5.41, 5.74) is 3.94. The highest BCUT2D eigenvalue weighted by molar-refractivity contribution is 5.93. The molecule has 0 aliphatic rings. The fourth-order valence-electron chi connectivity index (χ4n) is 2.29. The zero-order chi connectivity index (χ0) is 19.9. The molecule has 27 heavy (non-hydrogen) atoms. The van der Waals surface area contributed by atoms with Crippen LogP contribution in [0, 0.1) is 0 Å². The van der Waals surface area contributed by atoms with Crippen LogP contribution in [0.15, 0.2) is 60.7 Å².